The monoisotopic (exact) mass is 387 g/mol. The smallest absolute Gasteiger partial charge is 0.270 e. The fourth-order valence-electron chi connectivity index (χ4n) is 4.92. The third-order valence-corrected chi connectivity index (χ3v) is 6.49. The van der Waals surface area contributed by atoms with Crippen LogP contribution in [0.15, 0.2) is 61.2 Å². The highest BCUT2D eigenvalue weighted by molar-refractivity contribution is 5.93. The molecule has 148 valence electrons. The van der Waals surface area contributed by atoms with Crippen LogP contribution in [0.1, 0.15) is 34.5 Å². The largest absolute Gasteiger partial charge is 0.355 e. The zero-order valence-corrected chi connectivity index (χ0v) is 16.7. The number of carbonyl (C=O) groups excluding carboxylic acids is 1. The summed E-state index contributed by atoms with van der Waals surface area (Å²) in [4.78, 5) is 26.3. The van der Waals surface area contributed by atoms with Crippen LogP contribution in [0.2, 0.25) is 0 Å². The number of carbonyl (C=O) groups is 1. The van der Waals surface area contributed by atoms with Crippen molar-refractivity contribution in [2.45, 2.75) is 24.8 Å². The number of nitrogens with zero attached hydrogens (tertiary/aromatic N) is 5. The Morgan fingerprint density at radius 3 is 2.62 bits per heavy atom. The van der Waals surface area contributed by atoms with Crippen molar-refractivity contribution < 1.29 is 4.79 Å². The molecule has 0 atom stereocenters. The van der Waals surface area contributed by atoms with Gasteiger partial charge in [0.05, 0.1) is 6.20 Å². The lowest BCUT2D eigenvalue weighted by molar-refractivity contribution is 0.0638. The third kappa shape index (κ3) is 3.09. The number of aryl methyl sites for hydroxylation is 1. The summed E-state index contributed by atoms with van der Waals surface area (Å²) < 4.78 is 1.91. The van der Waals surface area contributed by atoms with Gasteiger partial charge in [0.25, 0.3) is 5.91 Å². The summed E-state index contributed by atoms with van der Waals surface area (Å²) in [6.45, 7) is 3.27. The second kappa shape index (κ2) is 7.03. The topological polar surface area (TPSA) is 54.3 Å². The zero-order valence-electron chi connectivity index (χ0n) is 16.7. The van der Waals surface area contributed by atoms with E-state index >= 15 is 0 Å². The van der Waals surface area contributed by atoms with Crippen molar-refractivity contribution in [2.24, 2.45) is 7.05 Å². The Kier molecular flexibility index (Phi) is 4.34. The molecular weight excluding hydrogens is 362 g/mol. The fraction of sp³-hybridized carbons (Fsp3) is 0.348. The van der Waals surface area contributed by atoms with Crippen molar-refractivity contribution in [3.05, 3.63) is 78.0 Å². The molecule has 2 aliphatic rings. The maximum atomic E-state index is 13.3. The van der Waals surface area contributed by atoms with Gasteiger partial charge in [0.15, 0.2) is 0 Å². The Bertz CT molecular complexity index is 1020. The highest BCUT2D eigenvalue weighted by Crippen LogP contribution is 2.42. The number of hydrogen-bond donors (Lipinski definition) is 0. The van der Waals surface area contributed by atoms with Crippen molar-refractivity contribution in [1.29, 1.82) is 0 Å². The molecular formula is C23H25N5O. The molecule has 0 bridgehead atoms. The molecule has 0 unspecified atom stereocenters. The van der Waals surface area contributed by atoms with Crippen LogP contribution in [-0.4, -0.2) is 45.0 Å². The van der Waals surface area contributed by atoms with Gasteiger partial charge in [-0.2, -0.15) is 0 Å². The van der Waals surface area contributed by atoms with Gasteiger partial charge in [-0.15, -0.1) is 0 Å². The highest BCUT2D eigenvalue weighted by atomic mass is 16.2. The molecule has 6 heteroatoms. The van der Waals surface area contributed by atoms with E-state index in [0.29, 0.717) is 6.54 Å². The third-order valence-electron chi connectivity index (χ3n) is 6.49. The normalized spacial score (nSPS) is 18.0. The first-order chi connectivity index (χ1) is 14.2. The van der Waals surface area contributed by atoms with E-state index in [0.717, 1.165) is 44.0 Å². The zero-order chi connectivity index (χ0) is 19.8. The number of piperidine rings is 1. The molecule has 29 heavy (non-hydrogen) atoms. The first-order valence-electron chi connectivity index (χ1n) is 10.2. The van der Waals surface area contributed by atoms with Crippen molar-refractivity contribution in [2.75, 3.05) is 24.5 Å². The molecule has 0 N–H and O–H groups in total. The van der Waals surface area contributed by atoms with Gasteiger partial charge in [0.2, 0.25) is 0 Å². The molecule has 0 radical (unpaired) electrons. The van der Waals surface area contributed by atoms with Gasteiger partial charge in [-0.3, -0.25) is 9.78 Å². The molecule has 2 aliphatic heterocycles. The molecule has 0 saturated carbocycles. The van der Waals surface area contributed by atoms with E-state index in [1.165, 1.54) is 11.1 Å². The molecule has 6 nitrogen and oxygen atoms in total. The minimum absolute atomic E-state index is 0.00558. The van der Waals surface area contributed by atoms with Gasteiger partial charge in [0, 0.05) is 57.2 Å². The Morgan fingerprint density at radius 2 is 1.90 bits per heavy atom. The molecule has 3 aromatic rings. The predicted molar refractivity (Wildman–Crippen MR) is 112 cm³/mol. The van der Waals surface area contributed by atoms with E-state index in [-0.39, 0.29) is 11.3 Å². The van der Waals surface area contributed by atoms with Gasteiger partial charge in [-0.1, -0.05) is 24.3 Å². The fourth-order valence-corrected chi connectivity index (χ4v) is 4.92. The van der Waals surface area contributed by atoms with Crippen LogP contribution in [0.25, 0.3) is 0 Å². The number of rotatable bonds is 2. The second-order valence-corrected chi connectivity index (χ2v) is 8.15. The summed E-state index contributed by atoms with van der Waals surface area (Å²) in [6, 6.07) is 12.5. The standard InChI is InChI=1S/C23H25N5O/c1-26-12-4-7-20(26)22(29)28-16-18-5-2-3-6-19(18)23(17-28)8-13-27(14-9-23)21-15-24-10-11-25-21/h2-7,10-12,15H,8-9,13-14,16-17H2,1H3. The van der Waals surface area contributed by atoms with E-state index in [9.17, 15) is 4.79 Å². The minimum Gasteiger partial charge on any atom is -0.355 e. The van der Waals surface area contributed by atoms with Gasteiger partial charge in [0.1, 0.15) is 11.5 Å². The maximum Gasteiger partial charge on any atom is 0.270 e. The summed E-state index contributed by atoms with van der Waals surface area (Å²) in [5.41, 5.74) is 3.43. The SMILES string of the molecule is Cn1cccc1C(=O)N1Cc2ccccc2C2(CCN(c3cnccn3)CC2)C1. The Balaban J connectivity index is 1.44. The number of amides is 1. The Morgan fingerprint density at radius 1 is 1.07 bits per heavy atom. The average Bonchev–Trinajstić information content (AvgIpc) is 3.20. The lowest BCUT2D eigenvalue weighted by Crippen LogP contribution is -2.53. The summed E-state index contributed by atoms with van der Waals surface area (Å²) >= 11 is 0. The lowest BCUT2D eigenvalue weighted by Gasteiger charge is -2.48. The van der Waals surface area contributed by atoms with Gasteiger partial charge < -0.3 is 14.4 Å². The minimum atomic E-state index is -0.00558. The summed E-state index contributed by atoms with van der Waals surface area (Å²) in [5, 5.41) is 0. The molecule has 1 spiro atoms. The molecule has 5 rings (SSSR count). The van der Waals surface area contributed by atoms with Gasteiger partial charge in [-0.05, 0) is 36.1 Å². The van der Waals surface area contributed by atoms with E-state index in [4.69, 9.17) is 0 Å². The molecule has 1 amide bonds. The van der Waals surface area contributed by atoms with Crippen LogP contribution in [-0.2, 0) is 19.0 Å². The first-order valence-corrected chi connectivity index (χ1v) is 10.2. The van der Waals surface area contributed by atoms with E-state index in [1.54, 1.807) is 12.4 Å². The van der Waals surface area contributed by atoms with Crippen LogP contribution in [0.3, 0.4) is 0 Å². The summed E-state index contributed by atoms with van der Waals surface area (Å²) in [7, 11) is 1.93. The van der Waals surface area contributed by atoms with Crippen molar-refractivity contribution in [1.82, 2.24) is 19.4 Å². The highest BCUT2D eigenvalue weighted by Gasteiger charge is 2.43. The molecule has 4 heterocycles. The first kappa shape index (κ1) is 17.9. The quantitative estimate of drug-likeness (QED) is 0.678. The van der Waals surface area contributed by atoms with E-state index < -0.39 is 0 Å². The number of anilines is 1. The number of aromatic nitrogens is 3. The molecule has 2 aromatic heterocycles. The number of benzene rings is 1. The van der Waals surface area contributed by atoms with Crippen LogP contribution >= 0.6 is 0 Å². The average molecular weight is 387 g/mol. The van der Waals surface area contributed by atoms with Crippen LogP contribution in [0.4, 0.5) is 5.82 Å². The lowest BCUT2D eigenvalue weighted by atomic mass is 9.68. The van der Waals surface area contributed by atoms with Crippen molar-refractivity contribution in [3.8, 4) is 0 Å². The van der Waals surface area contributed by atoms with Gasteiger partial charge in [-0.25, -0.2) is 4.98 Å². The van der Waals surface area contributed by atoms with Crippen LogP contribution in [0.5, 0.6) is 0 Å². The van der Waals surface area contributed by atoms with E-state index in [2.05, 4.69) is 39.1 Å². The summed E-state index contributed by atoms with van der Waals surface area (Å²) in [5.74, 6) is 1.05. The van der Waals surface area contributed by atoms with Crippen LogP contribution < -0.4 is 4.90 Å². The van der Waals surface area contributed by atoms with Gasteiger partial charge >= 0.3 is 0 Å². The van der Waals surface area contributed by atoms with Crippen molar-refractivity contribution in [3.63, 3.8) is 0 Å². The van der Waals surface area contributed by atoms with Crippen molar-refractivity contribution >= 4 is 11.7 Å². The van der Waals surface area contributed by atoms with Crippen LogP contribution in [0, 0.1) is 0 Å². The molecule has 0 aliphatic carbocycles. The Hall–Kier alpha value is -3.15. The second-order valence-electron chi connectivity index (χ2n) is 8.15. The van der Waals surface area contributed by atoms with E-state index in [1.807, 2.05) is 41.0 Å². The molecule has 1 fully saturated rings. The molecule has 1 aromatic carbocycles. The summed E-state index contributed by atoms with van der Waals surface area (Å²) in [6.07, 6.45) is 9.21. The number of hydrogen-bond acceptors (Lipinski definition) is 4. The Labute approximate surface area is 170 Å². The maximum absolute atomic E-state index is 13.3. The number of fused-ring (bicyclic) bond motifs is 2. The predicted octanol–water partition coefficient (Wildman–Crippen LogP) is 3.01. The molecule has 1 saturated heterocycles.